The van der Waals surface area contributed by atoms with E-state index in [1.165, 1.54) is 0 Å². The van der Waals surface area contributed by atoms with Crippen molar-refractivity contribution in [3.63, 3.8) is 0 Å². The summed E-state index contributed by atoms with van der Waals surface area (Å²) in [5.41, 5.74) is 0. The summed E-state index contributed by atoms with van der Waals surface area (Å²) in [6.45, 7) is 3.30. The molecule has 0 aromatic rings. The molecule has 0 aliphatic carbocycles. The molecular formula is C10H19F3N2O2. The van der Waals surface area contributed by atoms with Crippen molar-refractivity contribution in [2.24, 2.45) is 5.92 Å². The standard InChI is InChI=1S/C10H19F3N2O2/c1-3-7(2)8(16)6-15-9(17)14-5-4-10(11,12)13/h7-8,16H,3-6H2,1-2H3,(H2,14,15,17). The molecule has 2 atom stereocenters. The van der Waals surface area contributed by atoms with Gasteiger partial charge in [0.15, 0.2) is 0 Å². The highest BCUT2D eigenvalue weighted by Gasteiger charge is 2.26. The number of urea groups is 1. The van der Waals surface area contributed by atoms with Gasteiger partial charge in [-0.15, -0.1) is 0 Å². The Morgan fingerprint density at radius 1 is 1.35 bits per heavy atom. The van der Waals surface area contributed by atoms with Gasteiger partial charge >= 0.3 is 12.2 Å². The minimum Gasteiger partial charge on any atom is -0.391 e. The van der Waals surface area contributed by atoms with Crippen LogP contribution in [-0.2, 0) is 0 Å². The summed E-state index contributed by atoms with van der Waals surface area (Å²) in [7, 11) is 0. The topological polar surface area (TPSA) is 61.4 Å². The molecule has 0 aromatic heterocycles. The number of nitrogens with one attached hydrogen (secondary N) is 2. The number of aliphatic hydroxyl groups excluding tert-OH is 1. The van der Waals surface area contributed by atoms with Gasteiger partial charge in [-0.1, -0.05) is 20.3 Å². The molecule has 0 aromatic carbocycles. The number of rotatable bonds is 6. The Hall–Kier alpha value is -0.980. The fraction of sp³-hybridized carbons (Fsp3) is 0.900. The minimum absolute atomic E-state index is 0.0328. The highest BCUT2D eigenvalue weighted by molar-refractivity contribution is 5.73. The van der Waals surface area contributed by atoms with Crippen LogP contribution in [0.15, 0.2) is 0 Å². The van der Waals surface area contributed by atoms with Crippen LogP contribution in [0.1, 0.15) is 26.7 Å². The molecule has 0 rings (SSSR count). The van der Waals surface area contributed by atoms with Crippen molar-refractivity contribution in [2.75, 3.05) is 13.1 Å². The Morgan fingerprint density at radius 3 is 2.41 bits per heavy atom. The Kier molecular flexibility index (Phi) is 6.94. The summed E-state index contributed by atoms with van der Waals surface area (Å²) >= 11 is 0. The average molecular weight is 256 g/mol. The van der Waals surface area contributed by atoms with Crippen molar-refractivity contribution in [1.82, 2.24) is 10.6 Å². The van der Waals surface area contributed by atoms with Crippen LogP contribution < -0.4 is 10.6 Å². The van der Waals surface area contributed by atoms with Crippen LogP contribution in [0.3, 0.4) is 0 Å². The van der Waals surface area contributed by atoms with E-state index in [0.29, 0.717) is 0 Å². The smallest absolute Gasteiger partial charge is 0.390 e. The largest absolute Gasteiger partial charge is 0.391 e. The normalized spacial score (nSPS) is 15.2. The van der Waals surface area contributed by atoms with Crippen molar-refractivity contribution in [2.45, 2.75) is 39.0 Å². The maximum atomic E-state index is 11.8. The number of halogens is 3. The summed E-state index contributed by atoms with van der Waals surface area (Å²) in [6.07, 6.45) is -5.26. The SMILES string of the molecule is CCC(C)C(O)CNC(=O)NCCC(F)(F)F. The molecule has 2 unspecified atom stereocenters. The summed E-state index contributed by atoms with van der Waals surface area (Å²) in [4.78, 5) is 11.0. The van der Waals surface area contributed by atoms with Gasteiger partial charge in [0.05, 0.1) is 12.5 Å². The van der Waals surface area contributed by atoms with Gasteiger partial charge < -0.3 is 15.7 Å². The van der Waals surface area contributed by atoms with E-state index in [1.807, 2.05) is 13.8 Å². The van der Waals surface area contributed by atoms with Crippen LogP contribution in [0.25, 0.3) is 0 Å². The molecule has 0 aliphatic rings. The van der Waals surface area contributed by atoms with Crippen LogP contribution in [-0.4, -0.2) is 36.5 Å². The van der Waals surface area contributed by atoms with Gasteiger partial charge in [0.25, 0.3) is 0 Å². The Morgan fingerprint density at radius 2 is 1.94 bits per heavy atom. The van der Waals surface area contributed by atoms with Gasteiger partial charge in [0.1, 0.15) is 0 Å². The molecule has 0 heterocycles. The van der Waals surface area contributed by atoms with E-state index in [-0.39, 0.29) is 12.5 Å². The van der Waals surface area contributed by atoms with E-state index >= 15 is 0 Å². The first-order valence-electron chi connectivity index (χ1n) is 5.52. The second-order valence-electron chi connectivity index (χ2n) is 3.95. The molecule has 4 nitrogen and oxygen atoms in total. The quantitative estimate of drug-likeness (QED) is 0.676. The molecule has 0 fully saturated rings. The fourth-order valence-corrected chi connectivity index (χ4v) is 1.05. The lowest BCUT2D eigenvalue weighted by molar-refractivity contribution is -0.132. The molecule has 0 bridgehead atoms. The van der Waals surface area contributed by atoms with Gasteiger partial charge in [-0.3, -0.25) is 0 Å². The van der Waals surface area contributed by atoms with Crippen LogP contribution in [0.5, 0.6) is 0 Å². The van der Waals surface area contributed by atoms with Crippen LogP contribution in [0.2, 0.25) is 0 Å². The van der Waals surface area contributed by atoms with Gasteiger partial charge in [-0.05, 0) is 5.92 Å². The van der Waals surface area contributed by atoms with E-state index in [2.05, 4.69) is 10.6 Å². The third-order valence-corrected chi connectivity index (χ3v) is 2.47. The second-order valence-corrected chi connectivity index (χ2v) is 3.95. The monoisotopic (exact) mass is 256 g/mol. The zero-order chi connectivity index (χ0) is 13.5. The van der Waals surface area contributed by atoms with Gasteiger partial charge in [0, 0.05) is 13.1 Å². The van der Waals surface area contributed by atoms with E-state index in [1.54, 1.807) is 0 Å². The highest BCUT2D eigenvalue weighted by Crippen LogP contribution is 2.17. The molecule has 3 N–H and O–H groups in total. The number of amides is 2. The second kappa shape index (κ2) is 7.37. The van der Waals surface area contributed by atoms with Crippen LogP contribution in [0, 0.1) is 5.92 Å². The third-order valence-electron chi connectivity index (χ3n) is 2.47. The average Bonchev–Trinajstić information content (AvgIpc) is 2.22. The van der Waals surface area contributed by atoms with Gasteiger partial charge in [-0.2, -0.15) is 13.2 Å². The molecule has 17 heavy (non-hydrogen) atoms. The third kappa shape index (κ3) is 8.79. The van der Waals surface area contributed by atoms with Crippen molar-refractivity contribution in [1.29, 1.82) is 0 Å². The summed E-state index contributed by atoms with van der Waals surface area (Å²) < 4.78 is 35.3. The molecule has 0 spiro atoms. The number of aliphatic hydroxyl groups is 1. The summed E-state index contributed by atoms with van der Waals surface area (Å²) in [5, 5.41) is 13.9. The first-order valence-corrected chi connectivity index (χ1v) is 5.52. The first-order chi connectivity index (χ1) is 7.76. The summed E-state index contributed by atoms with van der Waals surface area (Å²) in [5.74, 6) is 0.0328. The van der Waals surface area contributed by atoms with Crippen LogP contribution >= 0.6 is 0 Å². The fourth-order valence-electron chi connectivity index (χ4n) is 1.05. The number of hydrogen-bond acceptors (Lipinski definition) is 2. The van der Waals surface area contributed by atoms with E-state index in [0.717, 1.165) is 6.42 Å². The zero-order valence-electron chi connectivity index (χ0n) is 9.97. The molecular weight excluding hydrogens is 237 g/mol. The lowest BCUT2D eigenvalue weighted by atomic mass is 10.0. The lowest BCUT2D eigenvalue weighted by Crippen LogP contribution is -2.42. The Balaban J connectivity index is 3.67. The number of alkyl halides is 3. The number of hydrogen-bond donors (Lipinski definition) is 3. The molecule has 2 amide bonds. The molecule has 0 saturated carbocycles. The molecule has 7 heteroatoms. The Labute approximate surface area is 98.6 Å². The number of carbonyl (C=O) groups excluding carboxylic acids is 1. The first kappa shape index (κ1) is 16.0. The zero-order valence-corrected chi connectivity index (χ0v) is 9.97. The van der Waals surface area contributed by atoms with E-state index in [9.17, 15) is 23.1 Å². The van der Waals surface area contributed by atoms with Gasteiger partial charge in [0.2, 0.25) is 0 Å². The van der Waals surface area contributed by atoms with Crippen molar-refractivity contribution in [3.05, 3.63) is 0 Å². The van der Waals surface area contributed by atoms with Crippen molar-refractivity contribution in [3.8, 4) is 0 Å². The lowest BCUT2D eigenvalue weighted by Gasteiger charge is -2.17. The Bertz CT molecular complexity index is 234. The van der Waals surface area contributed by atoms with E-state index < -0.39 is 31.3 Å². The molecule has 102 valence electrons. The van der Waals surface area contributed by atoms with Crippen molar-refractivity contribution >= 4 is 6.03 Å². The van der Waals surface area contributed by atoms with Crippen molar-refractivity contribution < 1.29 is 23.1 Å². The molecule has 0 saturated heterocycles. The minimum atomic E-state index is -4.27. The number of carbonyl (C=O) groups is 1. The maximum Gasteiger partial charge on any atom is 0.390 e. The highest BCUT2D eigenvalue weighted by atomic mass is 19.4. The van der Waals surface area contributed by atoms with Gasteiger partial charge in [-0.25, -0.2) is 4.79 Å². The predicted molar refractivity (Wildman–Crippen MR) is 57.5 cm³/mol. The predicted octanol–water partition coefficient (Wildman–Crippen LogP) is 1.65. The molecule has 0 aliphatic heterocycles. The summed E-state index contributed by atoms with van der Waals surface area (Å²) in [6, 6.07) is -0.698. The maximum absolute atomic E-state index is 11.8. The van der Waals surface area contributed by atoms with Crippen LogP contribution in [0.4, 0.5) is 18.0 Å². The van der Waals surface area contributed by atoms with E-state index in [4.69, 9.17) is 0 Å². The molecule has 0 radical (unpaired) electrons.